The van der Waals surface area contributed by atoms with Gasteiger partial charge in [-0.05, 0) is 43.1 Å². The lowest BCUT2D eigenvalue weighted by Gasteiger charge is -2.44. The molecule has 0 amide bonds. The van der Waals surface area contributed by atoms with Crippen molar-refractivity contribution in [2.75, 3.05) is 13.1 Å². The highest BCUT2D eigenvalue weighted by molar-refractivity contribution is 7.80. The molecule has 2 aliphatic heterocycles. The van der Waals surface area contributed by atoms with Crippen LogP contribution in [0.15, 0.2) is 53.3 Å². The molecule has 0 saturated carbocycles. The normalized spacial score (nSPS) is 22.8. The van der Waals surface area contributed by atoms with Gasteiger partial charge in [0, 0.05) is 37.3 Å². The molecule has 2 bridgehead atoms. The minimum atomic E-state index is 0.124. The molecule has 1 saturated heterocycles. The molecule has 5 heteroatoms. The first-order chi connectivity index (χ1) is 12.1. The molecule has 0 spiro atoms. The van der Waals surface area contributed by atoms with Crippen LogP contribution in [0.25, 0.3) is 0 Å². The predicted octanol–water partition coefficient (Wildman–Crippen LogP) is 2.90. The van der Waals surface area contributed by atoms with Crippen LogP contribution in [0.4, 0.5) is 0 Å². The fraction of sp³-hybridized carbons (Fsp3) is 0.400. The summed E-state index contributed by atoms with van der Waals surface area (Å²) in [6.07, 6.45) is 1.15. The molecule has 2 aromatic rings. The minimum Gasteiger partial charge on any atom is -0.356 e. The van der Waals surface area contributed by atoms with E-state index in [0.29, 0.717) is 11.8 Å². The number of fused-ring (bicyclic) bond motifs is 4. The highest BCUT2D eigenvalue weighted by Gasteiger charge is 2.35. The Morgan fingerprint density at radius 1 is 1.12 bits per heavy atom. The van der Waals surface area contributed by atoms with Gasteiger partial charge in [0.2, 0.25) is 0 Å². The van der Waals surface area contributed by atoms with Crippen LogP contribution in [0.2, 0.25) is 0 Å². The van der Waals surface area contributed by atoms with E-state index in [-0.39, 0.29) is 11.6 Å². The summed E-state index contributed by atoms with van der Waals surface area (Å²) in [5, 5.41) is 4.30. The molecule has 0 unspecified atom stereocenters. The van der Waals surface area contributed by atoms with E-state index in [2.05, 4.69) is 47.5 Å². The zero-order valence-corrected chi connectivity index (χ0v) is 15.2. The van der Waals surface area contributed by atoms with Crippen molar-refractivity contribution < 1.29 is 0 Å². The number of nitrogens with one attached hydrogen (secondary N) is 1. The Kier molecular flexibility index (Phi) is 4.34. The molecular weight excluding hydrogens is 330 g/mol. The fourth-order valence-electron chi connectivity index (χ4n) is 4.16. The highest BCUT2D eigenvalue weighted by atomic mass is 32.1. The summed E-state index contributed by atoms with van der Waals surface area (Å²) in [6, 6.07) is 16.2. The molecule has 1 N–H and O–H groups in total. The van der Waals surface area contributed by atoms with E-state index >= 15 is 0 Å². The number of likely N-dealkylation sites (tertiary alicyclic amines) is 1. The van der Waals surface area contributed by atoms with Crippen molar-refractivity contribution in [3.05, 3.63) is 70.1 Å². The average molecular weight is 353 g/mol. The van der Waals surface area contributed by atoms with E-state index in [1.54, 1.807) is 6.07 Å². The summed E-state index contributed by atoms with van der Waals surface area (Å²) >= 11 is 5.70. The summed E-state index contributed by atoms with van der Waals surface area (Å²) in [5.41, 5.74) is 2.52. The van der Waals surface area contributed by atoms with Gasteiger partial charge >= 0.3 is 0 Å². The van der Waals surface area contributed by atoms with Crippen molar-refractivity contribution in [2.24, 2.45) is 5.92 Å². The molecule has 1 aromatic heterocycles. The molecule has 25 heavy (non-hydrogen) atoms. The maximum atomic E-state index is 12.1. The van der Waals surface area contributed by atoms with Crippen molar-refractivity contribution in [1.82, 2.24) is 14.8 Å². The molecule has 4 nitrogen and oxygen atoms in total. The van der Waals surface area contributed by atoms with E-state index in [9.17, 15) is 4.79 Å². The zero-order valence-electron chi connectivity index (χ0n) is 14.4. The first-order valence-corrected chi connectivity index (χ1v) is 9.33. The van der Waals surface area contributed by atoms with Crippen molar-refractivity contribution in [3.8, 4) is 0 Å². The lowest BCUT2D eigenvalue weighted by atomic mass is 9.83. The number of benzene rings is 1. The van der Waals surface area contributed by atoms with E-state index in [0.717, 1.165) is 36.9 Å². The largest absolute Gasteiger partial charge is 0.356 e. The lowest BCUT2D eigenvalue weighted by Crippen LogP contribution is -2.52. The number of pyridine rings is 1. The Bertz CT molecular complexity index is 832. The van der Waals surface area contributed by atoms with E-state index in [1.807, 2.05) is 16.7 Å². The van der Waals surface area contributed by atoms with Gasteiger partial charge < -0.3 is 14.8 Å². The molecular formula is C20H23N3OS. The zero-order chi connectivity index (χ0) is 17.4. The number of hydrogen-bond donors (Lipinski definition) is 1. The molecule has 0 radical (unpaired) electrons. The number of thiocarbonyl (C=S) groups is 1. The molecule has 130 valence electrons. The second-order valence-corrected chi connectivity index (χ2v) is 7.57. The van der Waals surface area contributed by atoms with Crippen LogP contribution >= 0.6 is 12.2 Å². The molecule has 3 heterocycles. The molecule has 1 aromatic carbocycles. The molecule has 1 fully saturated rings. The molecule has 3 atom stereocenters. The van der Waals surface area contributed by atoms with E-state index < -0.39 is 0 Å². The van der Waals surface area contributed by atoms with Crippen molar-refractivity contribution >= 4 is 17.3 Å². The third-order valence-corrected chi connectivity index (χ3v) is 5.78. The number of piperidine rings is 1. The molecule has 0 aliphatic carbocycles. The third-order valence-electron chi connectivity index (χ3n) is 5.41. The summed E-state index contributed by atoms with van der Waals surface area (Å²) in [6.45, 7) is 4.75. The van der Waals surface area contributed by atoms with Crippen molar-refractivity contribution in [1.29, 1.82) is 0 Å². The smallest absolute Gasteiger partial charge is 0.250 e. The summed E-state index contributed by atoms with van der Waals surface area (Å²) < 4.78 is 1.96. The monoisotopic (exact) mass is 353 g/mol. The highest BCUT2D eigenvalue weighted by Crippen LogP contribution is 2.35. The Balaban J connectivity index is 1.48. The van der Waals surface area contributed by atoms with Gasteiger partial charge in [-0.15, -0.1) is 0 Å². The second-order valence-electron chi connectivity index (χ2n) is 7.18. The van der Waals surface area contributed by atoms with Gasteiger partial charge in [-0.3, -0.25) is 4.79 Å². The van der Waals surface area contributed by atoms with Gasteiger partial charge in [0.15, 0.2) is 5.11 Å². The van der Waals surface area contributed by atoms with Gasteiger partial charge in [0.1, 0.15) is 0 Å². The maximum Gasteiger partial charge on any atom is 0.250 e. The van der Waals surface area contributed by atoms with Crippen LogP contribution in [-0.2, 0) is 6.54 Å². The topological polar surface area (TPSA) is 37.3 Å². The second kappa shape index (κ2) is 6.64. The summed E-state index contributed by atoms with van der Waals surface area (Å²) in [7, 11) is 0. The van der Waals surface area contributed by atoms with Crippen LogP contribution < -0.4 is 10.9 Å². The first-order valence-electron chi connectivity index (χ1n) is 8.92. The number of aromatic nitrogens is 1. The van der Waals surface area contributed by atoms with Crippen molar-refractivity contribution in [2.45, 2.75) is 31.8 Å². The summed E-state index contributed by atoms with van der Waals surface area (Å²) in [4.78, 5) is 14.4. The first kappa shape index (κ1) is 16.3. The van der Waals surface area contributed by atoms with Gasteiger partial charge in [-0.2, -0.15) is 0 Å². The number of hydrogen-bond acceptors (Lipinski definition) is 2. The average Bonchev–Trinajstić information content (AvgIpc) is 2.63. The fourth-order valence-corrected chi connectivity index (χ4v) is 4.49. The Morgan fingerprint density at radius 3 is 2.72 bits per heavy atom. The third kappa shape index (κ3) is 3.21. The lowest BCUT2D eigenvalue weighted by molar-refractivity contribution is 0.176. The van der Waals surface area contributed by atoms with Crippen LogP contribution in [0.1, 0.15) is 36.6 Å². The Hall–Kier alpha value is -2.14. The van der Waals surface area contributed by atoms with E-state index in [4.69, 9.17) is 12.2 Å². The molecule has 4 rings (SSSR count). The molecule has 2 aliphatic rings. The maximum absolute atomic E-state index is 12.1. The Morgan fingerprint density at radius 2 is 1.92 bits per heavy atom. The van der Waals surface area contributed by atoms with Crippen LogP contribution in [-0.4, -0.2) is 27.7 Å². The standard InChI is InChI=1S/C20H23N3OS/c1-14(16-6-3-2-4-7-16)21-20(25)22-11-15-10-17(13-22)18-8-5-9-19(24)23(18)12-15/h2-9,14-15,17H,10-13H2,1H3,(H,21,25)/t14-,15-,17+/m0/s1. The van der Waals surface area contributed by atoms with E-state index in [1.165, 1.54) is 5.56 Å². The predicted molar refractivity (Wildman–Crippen MR) is 104 cm³/mol. The minimum absolute atomic E-state index is 0.124. The number of rotatable bonds is 2. The van der Waals surface area contributed by atoms with Gasteiger partial charge in [0.25, 0.3) is 5.56 Å². The van der Waals surface area contributed by atoms with Crippen LogP contribution in [0.3, 0.4) is 0 Å². The summed E-state index contributed by atoms with van der Waals surface area (Å²) in [5.74, 6) is 0.867. The van der Waals surface area contributed by atoms with Gasteiger partial charge in [-0.25, -0.2) is 0 Å². The Labute approximate surface area is 153 Å². The van der Waals surface area contributed by atoms with Gasteiger partial charge in [0.05, 0.1) is 6.04 Å². The van der Waals surface area contributed by atoms with Gasteiger partial charge in [-0.1, -0.05) is 36.4 Å². The van der Waals surface area contributed by atoms with Crippen molar-refractivity contribution in [3.63, 3.8) is 0 Å². The quantitative estimate of drug-likeness (QED) is 0.843. The number of nitrogens with zero attached hydrogens (tertiary/aromatic N) is 2. The SMILES string of the molecule is C[C@H](NC(=S)N1C[C@@H]2C[C@H](C1)c1cccc(=O)n1C2)c1ccccc1. The van der Waals surface area contributed by atoms with Crippen LogP contribution in [0.5, 0.6) is 0 Å². The van der Waals surface area contributed by atoms with Crippen LogP contribution in [0, 0.1) is 5.92 Å².